The summed E-state index contributed by atoms with van der Waals surface area (Å²) in [5.74, 6) is -2.40. The van der Waals surface area contributed by atoms with Crippen molar-refractivity contribution in [2.45, 2.75) is 44.1 Å². The summed E-state index contributed by atoms with van der Waals surface area (Å²) < 4.78 is 13.5. The SMILES string of the molecule is O=C(O)CC1(NC(=O)c2cccnc2F)CCCCC1. The molecule has 0 bridgehead atoms. The molecule has 2 rings (SSSR count). The minimum absolute atomic E-state index is 0.138. The Morgan fingerprint density at radius 3 is 2.65 bits per heavy atom. The minimum Gasteiger partial charge on any atom is -0.481 e. The predicted molar refractivity (Wildman–Crippen MR) is 69.7 cm³/mol. The van der Waals surface area contributed by atoms with Crippen molar-refractivity contribution in [2.75, 3.05) is 0 Å². The monoisotopic (exact) mass is 280 g/mol. The van der Waals surface area contributed by atoms with Crippen LogP contribution in [0.3, 0.4) is 0 Å². The molecule has 1 saturated carbocycles. The molecule has 1 aromatic rings. The average Bonchev–Trinajstić information content (AvgIpc) is 2.39. The molecule has 108 valence electrons. The second-order valence-electron chi connectivity index (χ2n) is 5.21. The molecule has 1 aliphatic rings. The summed E-state index contributed by atoms with van der Waals surface area (Å²) in [5, 5.41) is 11.8. The third-order valence-corrected chi connectivity index (χ3v) is 3.68. The van der Waals surface area contributed by atoms with Gasteiger partial charge in [0.05, 0.1) is 17.5 Å². The molecule has 0 spiro atoms. The van der Waals surface area contributed by atoms with Crippen molar-refractivity contribution in [1.29, 1.82) is 0 Å². The Kier molecular flexibility index (Phi) is 4.32. The van der Waals surface area contributed by atoms with Gasteiger partial charge in [0.25, 0.3) is 5.91 Å². The van der Waals surface area contributed by atoms with E-state index in [-0.39, 0.29) is 12.0 Å². The normalized spacial score (nSPS) is 17.4. The fourth-order valence-electron chi connectivity index (χ4n) is 2.73. The summed E-state index contributed by atoms with van der Waals surface area (Å²) in [4.78, 5) is 26.6. The number of aromatic nitrogens is 1. The summed E-state index contributed by atoms with van der Waals surface area (Å²) in [6.45, 7) is 0. The van der Waals surface area contributed by atoms with E-state index >= 15 is 0 Å². The Balaban J connectivity index is 2.17. The standard InChI is InChI=1S/C14H17FN2O3/c15-12-10(5-4-8-16-12)13(20)17-14(9-11(18)19)6-2-1-3-7-14/h4-5,8H,1-3,6-7,9H2,(H,17,20)(H,18,19). The molecule has 2 N–H and O–H groups in total. The third kappa shape index (κ3) is 3.31. The molecule has 1 aromatic heterocycles. The van der Waals surface area contributed by atoms with Crippen LogP contribution in [0.5, 0.6) is 0 Å². The van der Waals surface area contributed by atoms with E-state index in [2.05, 4.69) is 10.3 Å². The van der Waals surface area contributed by atoms with Gasteiger partial charge in [0.15, 0.2) is 0 Å². The molecule has 6 heteroatoms. The van der Waals surface area contributed by atoms with E-state index in [4.69, 9.17) is 5.11 Å². The molecule has 0 radical (unpaired) electrons. The van der Waals surface area contributed by atoms with E-state index in [1.807, 2.05) is 0 Å². The van der Waals surface area contributed by atoms with Crippen LogP contribution >= 0.6 is 0 Å². The van der Waals surface area contributed by atoms with Gasteiger partial charge in [-0.1, -0.05) is 19.3 Å². The zero-order chi connectivity index (χ0) is 14.6. The van der Waals surface area contributed by atoms with Gasteiger partial charge in [-0.05, 0) is 25.0 Å². The van der Waals surface area contributed by atoms with E-state index in [1.165, 1.54) is 18.3 Å². The number of carboxylic acids is 1. The average molecular weight is 280 g/mol. The van der Waals surface area contributed by atoms with Crippen LogP contribution in [-0.2, 0) is 4.79 Å². The molecule has 1 fully saturated rings. The molecule has 0 atom stereocenters. The van der Waals surface area contributed by atoms with Crippen LogP contribution in [0.1, 0.15) is 48.9 Å². The quantitative estimate of drug-likeness (QED) is 0.828. The molecule has 0 unspecified atom stereocenters. The summed E-state index contributed by atoms with van der Waals surface area (Å²) in [6.07, 6.45) is 5.09. The van der Waals surface area contributed by atoms with E-state index in [0.717, 1.165) is 19.3 Å². The van der Waals surface area contributed by atoms with Crippen LogP contribution < -0.4 is 5.32 Å². The number of hydrogen-bond donors (Lipinski definition) is 2. The molecular formula is C14H17FN2O3. The number of halogens is 1. The Morgan fingerprint density at radius 1 is 1.35 bits per heavy atom. The minimum atomic E-state index is -0.959. The lowest BCUT2D eigenvalue weighted by Crippen LogP contribution is -2.51. The number of nitrogens with zero attached hydrogens (tertiary/aromatic N) is 1. The second kappa shape index (κ2) is 5.98. The lowest BCUT2D eigenvalue weighted by molar-refractivity contribution is -0.139. The highest BCUT2D eigenvalue weighted by Crippen LogP contribution is 2.31. The maximum absolute atomic E-state index is 13.5. The van der Waals surface area contributed by atoms with Gasteiger partial charge in [-0.15, -0.1) is 0 Å². The first kappa shape index (κ1) is 14.4. The fraction of sp³-hybridized carbons (Fsp3) is 0.500. The highest BCUT2D eigenvalue weighted by atomic mass is 19.1. The van der Waals surface area contributed by atoms with Crippen LogP contribution in [0.2, 0.25) is 0 Å². The number of aliphatic carboxylic acids is 1. The van der Waals surface area contributed by atoms with Gasteiger partial charge in [0.1, 0.15) is 0 Å². The van der Waals surface area contributed by atoms with Crippen LogP contribution in [0.4, 0.5) is 4.39 Å². The number of hydrogen-bond acceptors (Lipinski definition) is 3. The maximum atomic E-state index is 13.5. The Morgan fingerprint density at radius 2 is 2.05 bits per heavy atom. The fourth-order valence-corrected chi connectivity index (χ4v) is 2.73. The van der Waals surface area contributed by atoms with Gasteiger partial charge < -0.3 is 10.4 Å². The number of pyridine rings is 1. The number of carbonyl (C=O) groups is 2. The predicted octanol–water partition coefficient (Wildman–Crippen LogP) is 2.13. The highest BCUT2D eigenvalue weighted by Gasteiger charge is 2.36. The van der Waals surface area contributed by atoms with Crippen molar-refractivity contribution >= 4 is 11.9 Å². The largest absolute Gasteiger partial charge is 0.481 e. The molecule has 1 amide bonds. The van der Waals surface area contributed by atoms with Crippen LogP contribution in [0.15, 0.2) is 18.3 Å². The van der Waals surface area contributed by atoms with Crippen LogP contribution in [0, 0.1) is 5.95 Å². The van der Waals surface area contributed by atoms with Gasteiger partial charge >= 0.3 is 5.97 Å². The molecule has 0 saturated heterocycles. The summed E-state index contributed by atoms with van der Waals surface area (Å²) in [7, 11) is 0. The summed E-state index contributed by atoms with van der Waals surface area (Å²) >= 11 is 0. The Hall–Kier alpha value is -1.98. The topological polar surface area (TPSA) is 79.3 Å². The zero-order valence-corrected chi connectivity index (χ0v) is 11.1. The molecule has 0 aromatic carbocycles. The van der Waals surface area contributed by atoms with Gasteiger partial charge in [-0.25, -0.2) is 4.98 Å². The molecular weight excluding hydrogens is 263 g/mol. The van der Waals surface area contributed by atoms with Crippen molar-refractivity contribution < 1.29 is 19.1 Å². The molecule has 1 heterocycles. The van der Waals surface area contributed by atoms with Gasteiger partial charge in [-0.3, -0.25) is 9.59 Å². The molecule has 5 nitrogen and oxygen atoms in total. The van der Waals surface area contributed by atoms with Crippen molar-refractivity contribution in [3.05, 3.63) is 29.8 Å². The van der Waals surface area contributed by atoms with Gasteiger partial charge in [0.2, 0.25) is 5.95 Å². The van der Waals surface area contributed by atoms with Crippen molar-refractivity contribution in [1.82, 2.24) is 10.3 Å². The van der Waals surface area contributed by atoms with Crippen LogP contribution in [-0.4, -0.2) is 27.5 Å². The molecule has 20 heavy (non-hydrogen) atoms. The second-order valence-corrected chi connectivity index (χ2v) is 5.21. The first-order valence-corrected chi connectivity index (χ1v) is 6.67. The van der Waals surface area contributed by atoms with E-state index in [0.29, 0.717) is 12.8 Å². The van der Waals surface area contributed by atoms with Gasteiger partial charge in [-0.2, -0.15) is 4.39 Å². The van der Waals surface area contributed by atoms with Crippen LogP contribution in [0.25, 0.3) is 0 Å². The van der Waals surface area contributed by atoms with E-state index < -0.39 is 23.4 Å². The highest BCUT2D eigenvalue weighted by molar-refractivity contribution is 5.94. The smallest absolute Gasteiger partial charge is 0.305 e. The summed E-state index contributed by atoms with van der Waals surface area (Å²) in [5.41, 5.74) is -0.925. The first-order valence-electron chi connectivity index (χ1n) is 6.67. The van der Waals surface area contributed by atoms with E-state index in [9.17, 15) is 14.0 Å². The lowest BCUT2D eigenvalue weighted by Gasteiger charge is -2.37. The first-order chi connectivity index (χ1) is 9.52. The molecule has 1 aliphatic carbocycles. The van der Waals surface area contributed by atoms with Gasteiger partial charge in [0, 0.05) is 6.20 Å². The van der Waals surface area contributed by atoms with Crippen molar-refractivity contribution in [3.8, 4) is 0 Å². The van der Waals surface area contributed by atoms with E-state index in [1.54, 1.807) is 0 Å². The Bertz CT molecular complexity index is 513. The number of carboxylic acid groups (broad SMARTS) is 1. The zero-order valence-electron chi connectivity index (χ0n) is 11.1. The number of amides is 1. The van der Waals surface area contributed by atoms with Crippen molar-refractivity contribution in [2.24, 2.45) is 0 Å². The molecule has 0 aliphatic heterocycles. The Labute approximate surface area is 116 Å². The summed E-state index contributed by atoms with van der Waals surface area (Å²) in [6, 6.07) is 2.82. The number of rotatable bonds is 4. The number of nitrogens with one attached hydrogen (secondary N) is 1. The maximum Gasteiger partial charge on any atom is 0.305 e. The van der Waals surface area contributed by atoms with Crippen molar-refractivity contribution in [3.63, 3.8) is 0 Å². The lowest BCUT2D eigenvalue weighted by atomic mass is 9.79. The number of carbonyl (C=O) groups excluding carboxylic acids is 1. The third-order valence-electron chi connectivity index (χ3n) is 3.68.